The summed E-state index contributed by atoms with van der Waals surface area (Å²) in [5.74, 6) is -0.236. The fourth-order valence-electron chi connectivity index (χ4n) is 4.16. The molecule has 1 N–H and O–H groups in total. The quantitative estimate of drug-likeness (QED) is 0.844. The van der Waals surface area contributed by atoms with E-state index in [4.69, 9.17) is 4.74 Å². The van der Waals surface area contributed by atoms with E-state index < -0.39 is 5.60 Å². The van der Waals surface area contributed by atoms with Gasteiger partial charge in [-0.25, -0.2) is 9.59 Å². The lowest BCUT2D eigenvalue weighted by Crippen LogP contribution is -2.50. The minimum atomic E-state index is -0.486. The number of carbonyl (C=O) groups is 3. The van der Waals surface area contributed by atoms with Crippen LogP contribution >= 0.6 is 0 Å². The van der Waals surface area contributed by atoms with Crippen molar-refractivity contribution in [1.29, 1.82) is 0 Å². The summed E-state index contributed by atoms with van der Waals surface area (Å²) in [6.45, 7) is 7.48. The summed E-state index contributed by atoms with van der Waals surface area (Å²) < 4.78 is 5.52. The Balaban J connectivity index is 1.40. The van der Waals surface area contributed by atoms with Crippen molar-refractivity contribution in [1.82, 2.24) is 10.2 Å². The second kappa shape index (κ2) is 6.68. The number of ether oxygens (including phenoxy) is 1. The summed E-state index contributed by atoms with van der Waals surface area (Å²) in [6, 6.07) is 7.87. The number of amides is 4. The first kappa shape index (κ1) is 18.6. The molecular weight excluding hydrogens is 360 g/mol. The third-order valence-electron chi connectivity index (χ3n) is 5.42. The lowest BCUT2D eigenvalue weighted by atomic mass is 10.2. The van der Waals surface area contributed by atoms with Gasteiger partial charge in [0.1, 0.15) is 5.60 Å². The summed E-state index contributed by atoms with van der Waals surface area (Å²) >= 11 is 0. The minimum absolute atomic E-state index is 0.165. The number of piperazine rings is 1. The highest BCUT2D eigenvalue weighted by Crippen LogP contribution is 2.36. The number of hydrogen-bond acceptors (Lipinski definition) is 5. The minimum Gasteiger partial charge on any atom is -0.444 e. The maximum atomic E-state index is 12.4. The molecule has 0 saturated carbocycles. The van der Waals surface area contributed by atoms with Crippen molar-refractivity contribution in [3.63, 3.8) is 0 Å². The normalized spacial score (nSPS) is 24.6. The van der Waals surface area contributed by atoms with Crippen LogP contribution in [0.3, 0.4) is 0 Å². The van der Waals surface area contributed by atoms with E-state index in [0.717, 1.165) is 24.3 Å². The first-order valence-corrected chi connectivity index (χ1v) is 9.69. The number of likely N-dealkylation sites (tertiary alicyclic amines) is 1. The number of carbonyl (C=O) groups excluding carboxylic acids is 3. The number of hydrogen-bond donors (Lipinski definition) is 1. The third kappa shape index (κ3) is 3.50. The van der Waals surface area contributed by atoms with Crippen LogP contribution in [0.1, 0.15) is 33.6 Å². The number of anilines is 2. The molecule has 0 aromatic heterocycles. The van der Waals surface area contributed by atoms with E-state index in [1.807, 2.05) is 49.9 Å². The van der Waals surface area contributed by atoms with Crippen molar-refractivity contribution in [2.75, 3.05) is 29.4 Å². The fourth-order valence-corrected chi connectivity index (χ4v) is 4.16. The van der Waals surface area contributed by atoms with Crippen LogP contribution in [-0.2, 0) is 9.53 Å². The van der Waals surface area contributed by atoms with Crippen molar-refractivity contribution in [2.45, 2.75) is 51.3 Å². The molecule has 0 radical (unpaired) electrons. The van der Waals surface area contributed by atoms with E-state index in [2.05, 4.69) is 10.2 Å². The predicted octanol–water partition coefficient (Wildman–Crippen LogP) is 2.33. The van der Waals surface area contributed by atoms with Gasteiger partial charge in [-0.05, 0) is 51.5 Å². The Bertz CT molecular complexity index is 801. The molecule has 0 spiro atoms. The van der Waals surface area contributed by atoms with E-state index in [0.29, 0.717) is 19.5 Å². The zero-order chi connectivity index (χ0) is 20.1. The molecule has 150 valence electrons. The SMILES string of the molecule is CC(C)(C)OC(=O)N1C[C@H]2C[C@@H]1CN2c1ccc(N2CCC(=O)NC2=O)cc1. The summed E-state index contributed by atoms with van der Waals surface area (Å²) in [4.78, 5) is 41.4. The van der Waals surface area contributed by atoms with Crippen molar-refractivity contribution in [2.24, 2.45) is 0 Å². The Morgan fingerprint density at radius 2 is 1.75 bits per heavy atom. The van der Waals surface area contributed by atoms with Crippen molar-refractivity contribution < 1.29 is 19.1 Å². The van der Waals surface area contributed by atoms with E-state index >= 15 is 0 Å². The van der Waals surface area contributed by atoms with Gasteiger partial charge >= 0.3 is 12.1 Å². The van der Waals surface area contributed by atoms with Crippen LogP contribution in [0.15, 0.2) is 24.3 Å². The van der Waals surface area contributed by atoms with E-state index in [9.17, 15) is 14.4 Å². The molecule has 1 aromatic rings. The molecule has 3 fully saturated rings. The van der Waals surface area contributed by atoms with Crippen LogP contribution in [0.2, 0.25) is 0 Å². The number of nitrogens with one attached hydrogen (secondary N) is 1. The molecule has 0 aliphatic carbocycles. The van der Waals surface area contributed by atoms with E-state index in [1.165, 1.54) is 0 Å². The highest BCUT2D eigenvalue weighted by molar-refractivity contribution is 6.05. The van der Waals surface area contributed by atoms with Gasteiger partial charge in [0.25, 0.3) is 0 Å². The van der Waals surface area contributed by atoms with Crippen LogP contribution in [0.4, 0.5) is 21.0 Å². The largest absolute Gasteiger partial charge is 0.444 e. The number of fused-ring (bicyclic) bond motifs is 2. The van der Waals surface area contributed by atoms with Crippen LogP contribution in [-0.4, -0.2) is 60.3 Å². The van der Waals surface area contributed by atoms with Gasteiger partial charge in [-0.1, -0.05) is 0 Å². The zero-order valence-corrected chi connectivity index (χ0v) is 16.5. The standard InChI is InChI=1S/C20H26N4O4/c1-20(2,3)28-19(27)24-12-15-10-16(24)11-23(15)14-6-4-13(5-7-14)22-9-8-17(25)21-18(22)26/h4-7,15-16H,8-12H2,1-3H3,(H,21,25,26)/t15-,16-/m1/s1. The molecule has 3 aliphatic heterocycles. The first-order valence-electron chi connectivity index (χ1n) is 9.69. The summed E-state index contributed by atoms with van der Waals surface area (Å²) in [6.07, 6.45) is 1.02. The van der Waals surface area contributed by atoms with E-state index in [-0.39, 0.29) is 30.1 Å². The maximum absolute atomic E-state index is 12.4. The average Bonchev–Trinajstić information content (AvgIpc) is 3.21. The monoisotopic (exact) mass is 386 g/mol. The molecule has 4 rings (SSSR count). The molecule has 8 heteroatoms. The molecule has 3 heterocycles. The lowest BCUT2D eigenvalue weighted by Gasteiger charge is -2.36. The molecule has 8 nitrogen and oxygen atoms in total. The number of benzene rings is 1. The Labute approximate surface area is 164 Å². The van der Waals surface area contributed by atoms with Crippen molar-refractivity contribution in [3.8, 4) is 0 Å². The van der Waals surface area contributed by atoms with Crippen LogP contribution < -0.4 is 15.1 Å². The molecular formula is C20H26N4O4. The Kier molecular flexibility index (Phi) is 4.44. The van der Waals surface area contributed by atoms with Crippen LogP contribution in [0, 0.1) is 0 Å². The molecule has 28 heavy (non-hydrogen) atoms. The summed E-state index contributed by atoms with van der Waals surface area (Å²) in [5.41, 5.74) is 1.36. The first-order chi connectivity index (χ1) is 13.2. The number of rotatable bonds is 2. The number of imide groups is 1. The van der Waals surface area contributed by atoms with Crippen molar-refractivity contribution >= 4 is 29.4 Å². The highest BCUT2D eigenvalue weighted by atomic mass is 16.6. The molecule has 4 amide bonds. The zero-order valence-electron chi connectivity index (χ0n) is 16.5. The summed E-state index contributed by atoms with van der Waals surface area (Å²) in [7, 11) is 0. The van der Waals surface area contributed by atoms with Gasteiger partial charge < -0.3 is 14.5 Å². The topological polar surface area (TPSA) is 82.2 Å². The van der Waals surface area contributed by atoms with Crippen LogP contribution in [0.25, 0.3) is 0 Å². The molecule has 2 bridgehead atoms. The van der Waals surface area contributed by atoms with Gasteiger partial charge in [0.2, 0.25) is 5.91 Å². The Hall–Kier alpha value is -2.77. The van der Waals surface area contributed by atoms with Gasteiger partial charge in [-0.15, -0.1) is 0 Å². The van der Waals surface area contributed by atoms with E-state index in [1.54, 1.807) is 4.90 Å². The molecule has 0 unspecified atom stereocenters. The van der Waals surface area contributed by atoms with Gasteiger partial charge in [-0.2, -0.15) is 0 Å². The fraction of sp³-hybridized carbons (Fsp3) is 0.550. The van der Waals surface area contributed by atoms with Crippen LogP contribution in [0.5, 0.6) is 0 Å². The molecule has 1 aromatic carbocycles. The number of nitrogens with zero attached hydrogens (tertiary/aromatic N) is 3. The smallest absolute Gasteiger partial charge is 0.410 e. The number of urea groups is 1. The average molecular weight is 386 g/mol. The van der Waals surface area contributed by atoms with Gasteiger partial charge in [0.05, 0.1) is 6.04 Å². The summed E-state index contributed by atoms with van der Waals surface area (Å²) in [5, 5.41) is 2.34. The molecule has 3 aliphatic rings. The lowest BCUT2D eigenvalue weighted by molar-refractivity contribution is -0.120. The Morgan fingerprint density at radius 1 is 1.07 bits per heavy atom. The Morgan fingerprint density at radius 3 is 2.32 bits per heavy atom. The third-order valence-corrected chi connectivity index (χ3v) is 5.42. The van der Waals surface area contributed by atoms with Gasteiger partial charge in [0.15, 0.2) is 0 Å². The second-order valence-electron chi connectivity index (χ2n) is 8.60. The predicted molar refractivity (Wildman–Crippen MR) is 104 cm³/mol. The van der Waals surface area contributed by atoms with Gasteiger partial charge in [0, 0.05) is 43.5 Å². The van der Waals surface area contributed by atoms with Gasteiger partial charge in [-0.3, -0.25) is 15.0 Å². The van der Waals surface area contributed by atoms with Crippen molar-refractivity contribution in [3.05, 3.63) is 24.3 Å². The maximum Gasteiger partial charge on any atom is 0.410 e. The second-order valence-corrected chi connectivity index (χ2v) is 8.60. The molecule has 3 saturated heterocycles. The highest BCUT2D eigenvalue weighted by Gasteiger charge is 2.46. The molecule has 2 atom stereocenters.